The van der Waals surface area contributed by atoms with Crippen LogP contribution in [0.2, 0.25) is 0 Å². The van der Waals surface area contributed by atoms with Gasteiger partial charge >= 0.3 is 0 Å². The van der Waals surface area contributed by atoms with Crippen molar-refractivity contribution in [3.63, 3.8) is 0 Å². The van der Waals surface area contributed by atoms with Gasteiger partial charge in [0, 0.05) is 25.8 Å². The van der Waals surface area contributed by atoms with Crippen molar-refractivity contribution in [1.29, 1.82) is 0 Å². The molecule has 0 heterocycles. The summed E-state index contributed by atoms with van der Waals surface area (Å²) in [5.74, 6) is -0.227. The van der Waals surface area contributed by atoms with Crippen LogP contribution < -0.4 is 10.6 Å². The van der Waals surface area contributed by atoms with E-state index in [9.17, 15) is 4.39 Å². The number of nitrogens with two attached hydrogens (primary N) is 1. The first kappa shape index (κ1) is 12.6. The Balaban J connectivity index is 2.16. The zero-order chi connectivity index (χ0) is 13.0. The molecule has 0 aliphatic rings. The smallest absolute Gasteiger partial charge is 0.123 e. The Kier molecular flexibility index (Phi) is 3.95. The maximum Gasteiger partial charge on any atom is 0.123 e. The van der Waals surface area contributed by atoms with E-state index in [1.807, 2.05) is 43.4 Å². The maximum atomic E-state index is 13.4. The van der Waals surface area contributed by atoms with Crippen molar-refractivity contribution in [1.82, 2.24) is 0 Å². The summed E-state index contributed by atoms with van der Waals surface area (Å²) in [4.78, 5) is 2.08. The first-order chi connectivity index (χ1) is 8.69. The Hall–Kier alpha value is -1.87. The standard InChI is InChI=1S/C15H17FN2/c1-18(15-5-3-2-4-6-15)11-13-7-12(10-17)8-14(16)9-13/h2-9H,10-11,17H2,1H3. The molecular weight excluding hydrogens is 227 g/mol. The molecule has 0 atom stereocenters. The second-order valence-electron chi connectivity index (χ2n) is 4.36. The Morgan fingerprint density at radius 2 is 1.72 bits per heavy atom. The lowest BCUT2D eigenvalue weighted by Gasteiger charge is -2.19. The zero-order valence-electron chi connectivity index (χ0n) is 10.4. The molecule has 0 saturated heterocycles. The van der Waals surface area contributed by atoms with Crippen molar-refractivity contribution in [2.24, 2.45) is 5.73 Å². The van der Waals surface area contributed by atoms with Crippen molar-refractivity contribution >= 4 is 5.69 Å². The third kappa shape index (κ3) is 3.08. The second kappa shape index (κ2) is 5.65. The van der Waals surface area contributed by atoms with Gasteiger partial charge in [0.05, 0.1) is 0 Å². The van der Waals surface area contributed by atoms with Gasteiger partial charge in [-0.3, -0.25) is 0 Å². The molecule has 2 N–H and O–H groups in total. The number of rotatable bonds is 4. The van der Waals surface area contributed by atoms with Gasteiger partial charge in [0.15, 0.2) is 0 Å². The van der Waals surface area contributed by atoms with Gasteiger partial charge in [-0.15, -0.1) is 0 Å². The molecule has 0 fully saturated rings. The molecule has 0 aromatic heterocycles. The number of halogens is 1. The largest absolute Gasteiger partial charge is 0.370 e. The average Bonchev–Trinajstić information content (AvgIpc) is 2.39. The van der Waals surface area contributed by atoms with E-state index in [4.69, 9.17) is 5.73 Å². The van der Waals surface area contributed by atoms with Crippen LogP contribution in [-0.2, 0) is 13.1 Å². The lowest BCUT2D eigenvalue weighted by atomic mass is 10.1. The summed E-state index contributed by atoms with van der Waals surface area (Å²) in [6.07, 6.45) is 0. The van der Waals surface area contributed by atoms with E-state index in [-0.39, 0.29) is 5.82 Å². The molecule has 2 rings (SSSR count). The zero-order valence-corrected chi connectivity index (χ0v) is 10.4. The summed E-state index contributed by atoms with van der Waals surface area (Å²) in [6, 6.07) is 15.0. The second-order valence-corrected chi connectivity index (χ2v) is 4.36. The van der Waals surface area contributed by atoms with Crippen LogP contribution in [-0.4, -0.2) is 7.05 Å². The summed E-state index contributed by atoms with van der Waals surface area (Å²) in [5, 5.41) is 0. The van der Waals surface area contributed by atoms with Gasteiger partial charge in [0.25, 0.3) is 0 Å². The van der Waals surface area contributed by atoms with Gasteiger partial charge in [-0.05, 0) is 35.4 Å². The summed E-state index contributed by atoms with van der Waals surface area (Å²) < 4.78 is 13.4. The number of benzene rings is 2. The van der Waals surface area contributed by atoms with Crippen LogP contribution in [0.15, 0.2) is 48.5 Å². The minimum Gasteiger partial charge on any atom is -0.370 e. The fourth-order valence-corrected chi connectivity index (χ4v) is 1.97. The van der Waals surface area contributed by atoms with Gasteiger partial charge < -0.3 is 10.6 Å². The number of anilines is 1. The predicted molar refractivity (Wildman–Crippen MR) is 72.8 cm³/mol. The van der Waals surface area contributed by atoms with Gasteiger partial charge in [0.2, 0.25) is 0 Å². The van der Waals surface area contributed by atoms with Gasteiger partial charge in [-0.2, -0.15) is 0 Å². The van der Waals surface area contributed by atoms with E-state index in [1.54, 1.807) is 6.07 Å². The SMILES string of the molecule is CN(Cc1cc(F)cc(CN)c1)c1ccccc1. The highest BCUT2D eigenvalue weighted by Gasteiger charge is 2.04. The highest BCUT2D eigenvalue weighted by atomic mass is 19.1. The molecule has 0 aliphatic heterocycles. The van der Waals surface area contributed by atoms with Crippen LogP contribution >= 0.6 is 0 Å². The lowest BCUT2D eigenvalue weighted by molar-refractivity contribution is 0.622. The predicted octanol–water partition coefficient (Wildman–Crippen LogP) is 2.92. The molecule has 2 aromatic carbocycles. The molecule has 0 amide bonds. The van der Waals surface area contributed by atoms with Crippen LogP contribution in [0.1, 0.15) is 11.1 Å². The fourth-order valence-electron chi connectivity index (χ4n) is 1.97. The molecule has 0 unspecified atom stereocenters. The van der Waals surface area contributed by atoms with Crippen LogP contribution in [0, 0.1) is 5.82 Å². The molecule has 2 nitrogen and oxygen atoms in total. The van der Waals surface area contributed by atoms with E-state index in [2.05, 4.69) is 4.90 Å². The van der Waals surface area contributed by atoms with Gasteiger partial charge in [-0.25, -0.2) is 4.39 Å². The van der Waals surface area contributed by atoms with Gasteiger partial charge in [-0.1, -0.05) is 24.3 Å². The van der Waals surface area contributed by atoms with Crippen molar-refractivity contribution in [2.75, 3.05) is 11.9 Å². The number of hydrogen-bond acceptors (Lipinski definition) is 2. The average molecular weight is 244 g/mol. The van der Waals surface area contributed by atoms with Crippen molar-refractivity contribution in [2.45, 2.75) is 13.1 Å². The summed E-state index contributed by atoms with van der Waals surface area (Å²) >= 11 is 0. The van der Waals surface area contributed by atoms with Crippen molar-refractivity contribution in [3.05, 3.63) is 65.5 Å². The Morgan fingerprint density at radius 3 is 2.39 bits per heavy atom. The summed E-state index contributed by atoms with van der Waals surface area (Å²) in [6.45, 7) is 1.02. The highest BCUT2D eigenvalue weighted by molar-refractivity contribution is 5.45. The number of nitrogens with zero attached hydrogens (tertiary/aromatic N) is 1. The first-order valence-electron chi connectivity index (χ1n) is 5.93. The Morgan fingerprint density at radius 1 is 1.06 bits per heavy atom. The topological polar surface area (TPSA) is 29.3 Å². The third-order valence-corrected chi connectivity index (χ3v) is 2.87. The number of hydrogen-bond donors (Lipinski definition) is 1. The Bertz CT molecular complexity index is 511. The number of para-hydroxylation sites is 1. The molecule has 0 aliphatic carbocycles. The van der Waals surface area contributed by atoms with Crippen LogP contribution in [0.25, 0.3) is 0 Å². The summed E-state index contributed by atoms with van der Waals surface area (Å²) in [7, 11) is 1.99. The first-order valence-corrected chi connectivity index (χ1v) is 5.93. The normalized spacial score (nSPS) is 10.4. The van der Waals surface area contributed by atoms with Crippen LogP contribution in [0.5, 0.6) is 0 Å². The molecule has 0 saturated carbocycles. The van der Waals surface area contributed by atoms with Crippen molar-refractivity contribution < 1.29 is 4.39 Å². The molecule has 0 spiro atoms. The molecule has 94 valence electrons. The summed E-state index contributed by atoms with van der Waals surface area (Å²) in [5.41, 5.74) is 8.41. The molecule has 0 radical (unpaired) electrons. The molecule has 3 heteroatoms. The van der Waals surface area contributed by atoms with Gasteiger partial charge in [0.1, 0.15) is 5.82 Å². The monoisotopic (exact) mass is 244 g/mol. The molecule has 0 bridgehead atoms. The molecular formula is C15H17FN2. The van der Waals surface area contributed by atoms with E-state index in [0.29, 0.717) is 13.1 Å². The van der Waals surface area contributed by atoms with E-state index < -0.39 is 0 Å². The quantitative estimate of drug-likeness (QED) is 0.896. The van der Waals surface area contributed by atoms with Crippen LogP contribution in [0.4, 0.5) is 10.1 Å². The molecule has 2 aromatic rings. The third-order valence-electron chi connectivity index (χ3n) is 2.87. The fraction of sp³-hybridized carbons (Fsp3) is 0.200. The van der Waals surface area contributed by atoms with E-state index in [0.717, 1.165) is 16.8 Å². The Labute approximate surface area is 107 Å². The van der Waals surface area contributed by atoms with Crippen LogP contribution in [0.3, 0.4) is 0 Å². The minimum absolute atomic E-state index is 0.227. The van der Waals surface area contributed by atoms with E-state index in [1.165, 1.54) is 6.07 Å². The minimum atomic E-state index is -0.227. The van der Waals surface area contributed by atoms with E-state index >= 15 is 0 Å². The lowest BCUT2D eigenvalue weighted by Crippen LogP contribution is -2.16. The van der Waals surface area contributed by atoms with Crippen molar-refractivity contribution in [3.8, 4) is 0 Å². The maximum absolute atomic E-state index is 13.4. The molecule has 18 heavy (non-hydrogen) atoms. The highest BCUT2D eigenvalue weighted by Crippen LogP contribution is 2.16.